The number of aliphatic hydroxyl groups is 1. The van der Waals surface area contributed by atoms with E-state index in [2.05, 4.69) is 0 Å². The lowest BCUT2D eigenvalue weighted by Crippen LogP contribution is -2.39. The second-order valence-electron chi connectivity index (χ2n) is 3.00. The van der Waals surface area contributed by atoms with Crippen molar-refractivity contribution in [2.24, 2.45) is 5.92 Å². The molecule has 1 rings (SSSR count). The van der Waals surface area contributed by atoms with Gasteiger partial charge in [0.05, 0.1) is 12.2 Å². The van der Waals surface area contributed by atoms with Gasteiger partial charge in [-0.3, -0.25) is 0 Å². The van der Waals surface area contributed by atoms with Crippen LogP contribution in [0.2, 0.25) is 0 Å². The zero-order chi connectivity index (χ0) is 8.27. The number of ether oxygens (including phenoxy) is 1. The molecule has 0 bridgehead atoms. The normalized spacial score (nSPS) is 38.5. The van der Waals surface area contributed by atoms with Crippen molar-refractivity contribution in [3.63, 3.8) is 0 Å². The standard InChI is InChI=1S/C8H14O3/c1-11-7-4-2-3-6(5-9)8(7)10/h5-8,10H,2-4H2,1H3. The van der Waals surface area contributed by atoms with Gasteiger partial charge in [-0.05, 0) is 19.3 Å². The zero-order valence-corrected chi connectivity index (χ0v) is 6.69. The molecule has 3 atom stereocenters. The van der Waals surface area contributed by atoms with Gasteiger partial charge in [-0.15, -0.1) is 0 Å². The molecule has 0 aliphatic heterocycles. The van der Waals surface area contributed by atoms with Crippen LogP contribution in [0.15, 0.2) is 0 Å². The molecule has 3 heteroatoms. The Bertz CT molecular complexity index is 135. The Balaban J connectivity index is 2.51. The third-order valence-electron chi connectivity index (χ3n) is 2.32. The summed E-state index contributed by atoms with van der Waals surface area (Å²) in [7, 11) is 1.57. The van der Waals surface area contributed by atoms with Crippen molar-refractivity contribution in [3.8, 4) is 0 Å². The summed E-state index contributed by atoms with van der Waals surface area (Å²) in [4.78, 5) is 10.4. The van der Waals surface area contributed by atoms with Crippen molar-refractivity contribution in [1.82, 2.24) is 0 Å². The van der Waals surface area contributed by atoms with Crippen molar-refractivity contribution in [1.29, 1.82) is 0 Å². The summed E-state index contributed by atoms with van der Waals surface area (Å²) in [6, 6.07) is 0. The van der Waals surface area contributed by atoms with Gasteiger partial charge in [-0.25, -0.2) is 0 Å². The molecule has 1 aliphatic carbocycles. The Morgan fingerprint density at radius 1 is 1.55 bits per heavy atom. The third-order valence-corrected chi connectivity index (χ3v) is 2.32. The summed E-state index contributed by atoms with van der Waals surface area (Å²) in [5.41, 5.74) is 0. The summed E-state index contributed by atoms with van der Waals surface area (Å²) in [5, 5.41) is 9.47. The molecule has 3 unspecified atom stereocenters. The summed E-state index contributed by atoms with van der Waals surface area (Å²) in [6.45, 7) is 0. The smallest absolute Gasteiger partial charge is 0.125 e. The number of aldehydes is 1. The lowest BCUT2D eigenvalue weighted by atomic mass is 9.85. The predicted molar refractivity (Wildman–Crippen MR) is 40.2 cm³/mol. The highest BCUT2D eigenvalue weighted by Crippen LogP contribution is 2.24. The van der Waals surface area contributed by atoms with Crippen LogP contribution in [0.25, 0.3) is 0 Å². The van der Waals surface area contributed by atoms with Gasteiger partial charge < -0.3 is 14.6 Å². The fourth-order valence-corrected chi connectivity index (χ4v) is 1.58. The monoisotopic (exact) mass is 158 g/mol. The second kappa shape index (κ2) is 3.83. The molecule has 0 radical (unpaired) electrons. The summed E-state index contributed by atoms with van der Waals surface area (Å²) in [5.74, 6) is -0.214. The van der Waals surface area contributed by atoms with Gasteiger partial charge in [-0.1, -0.05) is 0 Å². The first kappa shape index (κ1) is 8.68. The fraction of sp³-hybridized carbons (Fsp3) is 0.875. The second-order valence-corrected chi connectivity index (χ2v) is 3.00. The van der Waals surface area contributed by atoms with Gasteiger partial charge in [0.15, 0.2) is 0 Å². The first-order valence-electron chi connectivity index (χ1n) is 3.95. The maximum Gasteiger partial charge on any atom is 0.125 e. The van der Waals surface area contributed by atoms with Gasteiger partial charge in [0.2, 0.25) is 0 Å². The molecule has 3 nitrogen and oxygen atoms in total. The van der Waals surface area contributed by atoms with Crippen molar-refractivity contribution in [2.45, 2.75) is 31.5 Å². The molecule has 0 aromatic carbocycles. The predicted octanol–water partition coefficient (Wildman–Crippen LogP) is 0.361. The zero-order valence-electron chi connectivity index (χ0n) is 6.69. The van der Waals surface area contributed by atoms with Crippen molar-refractivity contribution >= 4 is 6.29 Å². The maximum absolute atomic E-state index is 10.4. The van der Waals surface area contributed by atoms with E-state index in [4.69, 9.17) is 4.74 Å². The van der Waals surface area contributed by atoms with Crippen LogP contribution in [0.1, 0.15) is 19.3 Å². The molecule has 0 spiro atoms. The molecule has 0 aromatic heterocycles. The van der Waals surface area contributed by atoms with Crippen LogP contribution >= 0.6 is 0 Å². The van der Waals surface area contributed by atoms with Crippen LogP contribution in [0.5, 0.6) is 0 Å². The minimum atomic E-state index is -0.591. The van der Waals surface area contributed by atoms with E-state index in [1.807, 2.05) is 0 Å². The van der Waals surface area contributed by atoms with Crippen molar-refractivity contribution in [3.05, 3.63) is 0 Å². The van der Waals surface area contributed by atoms with Crippen LogP contribution in [0.4, 0.5) is 0 Å². The van der Waals surface area contributed by atoms with Crippen molar-refractivity contribution in [2.75, 3.05) is 7.11 Å². The Morgan fingerprint density at radius 3 is 2.82 bits per heavy atom. The van der Waals surface area contributed by atoms with Gasteiger partial charge in [0.1, 0.15) is 6.29 Å². The molecule has 0 heterocycles. The highest BCUT2D eigenvalue weighted by Gasteiger charge is 2.31. The number of hydrogen-bond donors (Lipinski definition) is 1. The fourth-order valence-electron chi connectivity index (χ4n) is 1.58. The quantitative estimate of drug-likeness (QED) is 0.590. The highest BCUT2D eigenvalue weighted by atomic mass is 16.5. The van der Waals surface area contributed by atoms with E-state index in [1.165, 1.54) is 0 Å². The van der Waals surface area contributed by atoms with Crippen LogP contribution in [-0.2, 0) is 9.53 Å². The number of rotatable bonds is 2. The molecular weight excluding hydrogens is 144 g/mol. The lowest BCUT2D eigenvalue weighted by molar-refractivity contribution is -0.122. The van der Waals surface area contributed by atoms with Gasteiger partial charge in [0.25, 0.3) is 0 Å². The molecule has 1 aliphatic rings. The number of methoxy groups -OCH3 is 1. The van der Waals surface area contributed by atoms with E-state index >= 15 is 0 Å². The number of carbonyl (C=O) groups excluding carboxylic acids is 1. The van der Waals surface area contributed by atoms with E-state index in [0.717, 1.165) is 25.5 Å². The van der Waals surface area contributed by atoms with E-state index < -0.39 is 6.10 Å². The van der Waals surface area contributed by atoms with E-state index in [0.29, 0.717) is 0 Å². The van der Waals surface area contributed by atoms with E-state index in [1.54, 1.807) is 7.11 Å². The molecular formula is C8H14O3. The Hall–Kier alpha value is -0.410. The van der Waals surface area contributed by atoms with Gasteiger partial charge in [0, 0.05) is 13.0 Å². The molecule has 0 saturated heterocycles. The van der Waals surface area contributed by atoms with Crippen LogP contribution in [0, 0.1) is 5.92 Å². The Kier molecular flexibility index (Phi) is 3.02. The molecule has 1 saturated carbocycles. The van der Waals surface area contributed by atoms with Gasteiger partial charge in [-0.2, -0.15) is 0 Å². The minimum absolute atomic E-state index is 0.140. The van der Waals surface area contributed by atoms with Crippen molar-refractivity contribution < 1.29 is 14.6 Å². The molecule has 0 amide bonds. The number of hydrogen-bond acceptors (Lipinski definition) is 3. The Labute approximate surface area is 66.4 Å². The topological polar surface area (TPSA) is 46.5 Å². The summed E-state index contributed by atoms with van der Waals surface area (Å²) < 4.78 is 5.03. The minimum Gasteiger partial charge on any atom is -0.390 e. The molecule has 1 fully saturated rings. The third kappa shape index (κ3) is 1.79. The first-order valence-corrected chi connectivity index (χ1v) is 3.95. The van der Waals surface area contributed by atoms with Crippen LogP contribution in [0.3, 0.4) is 0 Å². The lowest BCUT2D eigenvalue weighted by Gasteiger charge is -2.30. The highest BCUT2D eigenvalue weighted by molar-refractivity contribution is 5.54. The molecule has 1 N–H and O–H groups in total. The number of aliphatic hydroxyl groups excluding tert-OH is 1. The number of carbonyl (C=O) groups is 1. The van der Waals surface area contributed by atoms with E-state index in [-0.39, 0.29) is 12.0 Å². The average Bonchev–Trinajstić information content (AvgIpc) is 2.05. The Morgan fingerprint density at radius 2 is 2.27 bits per heavy atom. The van der Waals surface area contributed by atoms with E-state index in [9.17, 15) is 9.90 Å². The van der Waals surface area contributed by atoms with Gasteiger partial charge >= 0.3 is 0 Å². The van der Waals surface area contributed by atoms with Crippen LogP contribution in [-0.4, -0.2) is 30.7 Å². The molecule has 64 valence electrons. The SMILES string of the molecule is COC1CCCC(C=O)C1O. The van der Waals surface area contributed by atoms with Crippen LogP contribution < -0.4 is 0 Å². The largest absolute Gasteiger partial charge is 0.390 e. The molecule has 0 aromatic rings. The summed E-state index contributed by atoms with van der Waals surface area (Å²) >= 11 is 0. The summed E-state index contributed by atoms with van der Waals surface area (Å²) in [6.07, 6.45) is 2.73. The average molecular weight is 158 g/mol. The maximum atomic E-state index is 10.4. The first-order chi connectivity index (χ1) is 5.29. The molecule has 11 heavy (non-hydrogen) atoms.